The van der Waals surface area contributed by atoms with Crippen LogP contribution in [0.2, 0.25) is 0 Å². The van der Waals surface area contributed by atoms with Crippen LogP contribution in [0.15, 0.2) is 24.8 Å². The lowest BCUT2D eigenvalue weighted by Crippen LogP contribution is -2.46. The van der Waals surface area contributed by atoms with Crippen molar-refractivity contribution in [3.8, 4) is 0 Å². The van der Waals surface area contributed by atoms with E-state index in [9.17, 15) is 0 Å². The number of nitrogens with one attached hydrogen (secondary N) is 1. The van der Waals surface area contributed by atoms with Gasteiger partial charge in [0.25, 0.3) is 0 Å². The van der Waals surface area contributed by atoms with E-state index in [1.165, 1.54) is 0 Å². The zero-order valence-electron chi connectivity index (χ0n) is 16.1. The van der Waals surface area contributed by atoms with Gasteiger partial charge in [0.1, 0.15) is 5.82 Å². The average molecular weight is 393 g/mol. The van der Waals surface area contributed by atoms with Gasteiger partial charge in [0, 0.05) is 89.8 Å². The molecule has 8 nitrogen and oxygen atoms in total. The van der Waals surface area contributed by atoms with Crippen molar-refractivity contribution in [2.75, 3.05) is 57.8 Å². The number of rotatable bonds is 4. The summed E-state index contributed by atoms with van der Waals surface area (Å²) in [6.45, 7) is 7.89. The van der Waals surface area contributed by atoms with Crippen molar-refractivity contribution >= 4 is 18.4 Å². The van der Waals surface area contributed by atoms with Crippen molar-refractivity contribution < 1.29 is 0 Å². The molecule has 2 aliphatic rings. The molecule has 0 aromatic carbocycles. The topological polar surface area (TPSA) is 65.3 Å². The van der Waals surface area contributed by atoms with E-state index >= 15 is 0 Å². The number of aromatic nitrogens is 4. The lowest BCUT2D eigenvalue weighted by Gasteiger charge is -2.35. The average Bonchev–Trinajstić information content (AvgIpc) is 3.09. The first-order chi connectivity index (χ1) is 12.7. The molecule has 1 N–H and O–H groups in total. The SMILES string of the molecule is CN1CCN(c2ncc(CN3CCNCC3c3nccn3C)cn2)CC1.Cl. The summed E-state index contributed by atoms with van der Waals surface area (Å²) in [6, 6.07) is 0.279. The molecule has 2 aromatic rings. The van der Waals surface area contributed by atoms with E-state index in [-0.39, 0.29) is 18.4 Å². The van der Waals surface area contributed by atoms with Crippen LogP contribution in [0.3, 0.4) is 0 Å². The van der Waals surface area contributed by atoms with Gasteiger partial charge in [-0.15, -0.1) is 12.4 Å². The fourth-order valence-electron chi connectivity index (χ4n) is 3.72. The van der Waals surface area contributed by atoms with E-state index in [0.717, 1.165) is 69.7 Å². The third kappa shape index (κ3) is 4.57. The molecule has 0 bridgehead atoms. The van der Waals surface area contributed by atoms with Crippen LogP contribution in [0.25, 0.3) is 0 Å². The third-order valence-electron chi connectivity index (χ3n) is 5.37. The van der Waals surface area contributed by atoms with E-state index in [1.807, 2.05) is 24.8 Å². The Balaban J connectivity index is 0.00000210. The molecule has 9 heteroatoms. The minimum Gasteiger partial charge on any atom is -0.338 e. The maximum Gasteiger partial charge on any atom is 0.225 e. The molecule has 2 fully saturated rings. The first kappa shape index (κ1) is 20.0. The summed E-state index contributed by atoms with van der Waals surface area (Å²) in [5, 5.41) is 3.48. The molecule has 2 aliphatic heterocycles. The van der Waals surface area contributed by atoms with E-state index in [0.29, 0.717) is 0 Å². The Kier molecular flexibility index (Phi) is 6.64. The van der Waals surface area contributed by atoms with E-state index < -0.39 is 0 Å². The standard InChI is InChI=1S/C18H28N8.ClH/c1-23-7-9-25(10-8-23)18-21-11-15(12-22-18)14-26-6-3-19-13-16(26)17-20-4-5-24(17)2;/h4-5,11-12,16,19H,3,6-10,13-14H2,1-2H3;1H. The predicted octanol–water partition coefficient (Wildman–Crippen LogP) is 0.530. The Hall–Kier alpha value is -1.74. The van der Waals surface area contributed by atoms with Gasteiger partial charge in [-0.2, -0.15) is 0 Å². The number of likely N-dealkylation sites (N-methyl/N-ethyl adjacent to an activating group) is 1. The summed E-state index contributed by atoms with van der Waals surface area (Å²) in [7, 11) is 4.22. The minimum absolute atomic E-state index is 0. The maximum absolute atomic E-state index is 4.63. The second kappa shape index (κ2) is 8.97. The lowest BCUT2D eigenvalue weighted by molar-refractivity contribution is 0.144. The number of hydrogen-bond acceptors (Lipinski definition) is 7. The summed E-state index contributed by atoms with van der Waals surface area (Å²) in [6.07, 6.45) is 7.85. The Morgan fingerprint density at radius 2 is 1.78 bits per heavy atom. The van der Waals surface area contributed by atoms with Gasteiger partial charge < -0.3 is 19.7 Å². The normalized spacial score (nSPS) is 21.9. The first-order valence-corrected chi connectivity index (χ1v) is 9.37. The van der Waals surface area contributed by atoms with E-state index in [4.69, 9.17) is 0 Å². The van der Waals surface area contributed by atoms with Crippen LogP contribution in [0.1, 0.15) is 17.4 Å². The third-order valence-corrected chi connectivity index (χ3v) is 5.37. The fraction of sp³-hybridized carbons (Fsp3) is 0.611. The number of hydrogen-bond donors (Lipinski definition) is 1. The largest absolute Gasteiger partial charge is 0.338 e. The number of imidazole rings is 1. The van der Waals surface area contributed by atoms with Crippen molar-refractivity contribution in [1.82, 2.24) is 34.6 Å². The van der Waals surface area contributed by atoms with Gasteiger partial charge in [0.2, 0.25) is 5.95 Å². The first-order valence-electron chi connectivity index (χ1n) is 9.37. The van der Waals surface area contributed by atoms with Crippen LogP contribution in [0, 0.1) is 0 Å². The van der Waals surface area contributed by atoms with Crippen molar-refractivity contribution in [2.45, 2.75) is 12.6 Å². The smallest absolute Gasteiger partial charge is 0.225 e. The van der Waals surface area contributed by atoms with Gasteiger partial charge in [0.05, 0.1) is 6.04 Å². The number of nitrogens with zero attached hydrogens (tertiary/aromatic N) is 7. The van der Waals surface area contributed by atoms with Crippen LogP contribution >= 0.6 is 12.4 Å². The molecule has 0 saturated carbocycles. The van der Waals surface area contributed by atoms with Crippen LogP contribution in [-0.4, -0.2) is 82.2 Å². The molecule has 4 heterocycles. The Morgan fingerprint density at radius 1 is 1.04 bits per heavy atom. The Bertz CT molecular complexity index is 710. The molecule has 4 rings (SSSR count). The Labute approximate surface area is 167 Å². The van der Waals surface area contributed by atoms with Crippen LogP contribution in [0.4, 0.5) is 5.95 Å². The highest BCUT2D eigenvalue weighted by molar-refractivity contribution is 5.85. The highest BCUT2D eigenvalue weighted by Gasteiger charge is 2.27. The van der Waals surface area contributed by atoms with Crippen molar-refractivity contribution in [3.05, 3.63) is 36.2 Å². The van der Waals surface area contributed by atoms with Gasteiger partial charge in [0.15, 0.2) is 0 Å². The molecule has 2 saturated heterocycles. The lowest BCUT2D eigenvalue weighted by atomic mass is 10.1. The zero-order valence-corrected chi connectivity index (χ0v) is 16.9. The zero-order chi connectivity index (χ0) is 17.9. The van der Waals surface area contributed by atoms with Crippen molar-refractivity contribution in [2.24, 2.45) is 7.05 Å². The van der Waals surface area contributed by atoms with Gasteiger partial charge in [-0.05, 0) is 7.05 Å². The molecular weight excluding hydrogens is 364 g/mol. The highest BCUT2D eigenvalue weighted by atomic mass is 35.5. The van der Waals surface area contributed by atoms with E-state index in [2.05, 4.69) is 53.6 Å². The molecule has 27 heavy (non-hydrogen) atoms. The second-order valence-electron chi connectivity index (χ2n) is 7.27. The summed E-state index contributed by atoms with van der Waals surface area (Å²) in [5.41, 5.74) is 1.16. The summed E-state index contributed by atoms with van der Waals surface area (Å²) in [5.74, 6) is 1.95. The summed E-state index contributed by atoms with van der Waals surface area (Å²) in [4.78, 5) is 20.9. The molecule has 148 valence electrons. The second-order valence-corrected chi connectivity index (χ2v) is 7.27. The molecule has 0 aliphatic carbocycles. The molecule has 0 radical (unpaired) electrons. The molecule has 2 aromatic heterocycles. The molecular formula is C18H29ClN8. The van der Waals surface area contributed by atoms with Gasteiger partial charge >= 0.3 is 0 Å². The number of halogens is 1. The number of piperazine rings is 2. The minimum atomic E-state index is 0. The van der Waals surface area contributed by atoms with Gasteiger partial charge in [-0.3, -0.25) is 4.90 Å². The van der Waals surface area contributed by atoms with Crippen molar-refractivity contribution in [3.63, 3.8) is 0 Å². The highest BCUT2D eigenvalue weighted by Crippen LogP contribution is 2.22. The van der Waals surface area contributed by atoms with Crippen LogP contribution in [-0.2, 0) is 13.6 Å². The van der Waals surface area contributed by atoms with Gasteiger partial charge in [-0.1, -0.05) is 0 Å². The predicted molar refractivity (Wildman–Crippen MR) is 108 cm³/mol. The van der Waals surface area contributed by atoms with Crippen molar-refractivity contribution in [1.29, 1.82) is 0 Å². The molecule has 1 atom stereocenters. The molecule has 0 spiro atoms. The number of anilines is 1. The Morgan fingerprint density at radius 3 is 2.44 bits per heavy atom. The quantitative estimate of drug-likeness (QED) is 0.814. The summed E-state index contributed by atoms with van der Waals surface area (Å²) < 4.78 is 2.11. The number of aryl methyl sites for hydroxylation is 1. The van der Waals surface area contributed by atoms with Crippen LogP contribution in [0.5, 0.6) is 0 Å². The molecule has 1 unspecified atom stereocenters. The monoisotopic (exact) mass is 392 g/mol. The molecule has 0 amide bonds. The fourth-order valence-corrected chi connectivity index (χ4v) is 3.72. The van der Waals surface area contributed by atoms with Crippen LogP contribution < -0.4 is 10.2 Å². The van der Waals surface area contributed by atoms with Gasteiger partial charge in [-0.25, -0.2) is 15.0 Å². The van der Waals surface area contributed by atoms with E-state index in [1.54, 1.807) is 0 Å². The maximum atomic E-state index is 4.63. The summed E-state index contributed by atoms with van der Waals surface area (Å²) >= 11 is 0.